The summed E-state index contributed by atoms with van der Waals surface area (Å²) in [4.78, 5) is 33.2. The second-order valence-electron chi connectivity index (χ2n) is 7.29. The number of urea groups is 1. The molecule has 1 aromatic rings. The van der Waals surface area contributed by atoms with Crippen molar-refractivity contribution in [2.45, 2.75) is 58.7 Å². The number of amidine groups is 1. The second kappa shape index (κ2) is 6.19. The summed E-state index contributed by atoms with van der Waals surface area (Å²) in [5, 5.41) is 0. The van der Waals surface area contributed by atoms with Crippen LogP contribution in [0.1, 0.15) is 43.6 Å². The third kappa shape index (κ3) is 2.31. The quantitative estimate of drug-likeness (QED) is 0.763. The number of imide groups is 1. The summed E-state index contributed by atoms with van der Waals surface area (Å²) < 4.78 is 9.90. The van der Waals surface area contributed by atoms with Crippen molar-refractivity contribution in [1.29, 1.82) is 0 Å². The monoisotopic (exact) mass is 360 g/mol. The minimum Gasteiger partial charge on any atom is -0.375 e. The van der Waals surface area contributed by atoms with E-state index in [1.54, 1.807) is 7.05 Å². The summed E-state index contributed by atoms with van der Waals surface area (Å²) in [6.07, 6.45) is 3.04. The molecule has 26 heavy (non-hydrogen) atoms. The molecule has 0 aliphatic carbocycles. The van der Waals surface area contributed by atoms with Gasteiger partial charge in [0.1, 0.15) is 11.4 Å². The molecule has 2 unspecified atom stereocenters. The first-order valence-electron chi connectivity index (χ1n) is 9.36. The number of rotatable bonds is 4. The van der Waals surface area contributed by atoms with Gasteiger partial charge in [0, 0.05) is 20.2 Å². The Morgan fingerprint density at radius 3 is 2.73 bits per heavy atom. The van der Waals surface area contributed by atoms with Crippen LogP contribution in [-0.2, 0) is 16.1 Å². The number of amides is 3. The minimum atomic E-state index is -0.552. The first kappa shape index (κ1) is 17.2. The molecule has 2 atom stereocenters. The molecule has 2 fully saturated rings. The average molecular weight is 360 g/mol. The number of aromatic nitrogens is 2. The van der Waals surface area contributed by atoms with Gasteiger partial charge in [-0.2, -0.15) is 0 Å². The molecule has 0 N–H and O–H groups in total. The lowest BCUT2D eigenvalue weighted by Gasteiger charge is -2.33. The Balaban J connectivity index is 1.77. The third-order valence-corrected chi connectivity index (χ3v) is 5.68. The molecular weight excluding hydrogens is 334 g/mol. The Morgan fingerprint density at radius 1 is 1.31 bits per heavy atom. The van der Waals surface area contributed by atoms with Crippen LogP contribution < -0.4 is 4.57 Å². The van der Waals surface area contributed by atoms with Gasteiger partial charge in [0.25, 0.3) is 5.91 Å². The van der Waals surface area contributed by atoms with Gasteiger partial charge in [0.05, 0.1) is 12.6 Å². The molecule has 8 nitrogen and oxygen atoms in total. The van der Waals surface area contributed by atoms with E-state index in [1.807, 2.05) is 18.4 Å². The van der Waals surface area contributed by atoms with Crippen molar-refractivity contribution in [2.75, 3.05) is 20.2 Å². The average Bonchev–Trinajstić information content (AvgIpc) is 3.31. The van der Waals surface area contributed by atoms with Crippen LogP contribution in [0.25, 0.3) is 0 Å². The highest BCUT2D eigenvalue weighted by Crippen LogP contribution is 2.35. The Bertz CT molecular complexity index is 806. The van der Waals surface area contributed by atoms with Crippen LogP contribution in [-0.4, -0.2) is 58.4 Å². The van der Waals surface area contributed by atoms with Crippen molar-refractivity contribution in [1.82, 2.24) is 14.4 Å². The maximum absolute atomic E-state index is 13.1. The Hall–Kier alpha value is -2.22. The summed E-state index contributed by atoms with van der Waals surface area (Å²) in [6.45, 7) is 7.98. The molecule has 3 amide bonds. The first-order chi connectivity index (χ1) is 12.5. The predicted molar refractivity (Wildman–Crippen MR) is 94.4 cm³/mol. The maximum Gasteiger partial charge on any atom is 0.402 e. The highest BCUT2D eigenvalue weighted by molar-refractivity contribution is 6.20. The molecule has 1 aromatic heterocycles. The molecule has 3 aliphatic rings. The number of carbonyl (C=O) groups is 2. The summed E-state index contributed by atoms with van der Waals surface area (Å²) in [7, 11) is 1.70. The molecule has 0 saturated carbocycles. The van der Waals surface area contributed by atoms with Crippen LogP contribution in [0.2, 0.25) is 0 Å². The van der Waals surface area contributed by atoms with Crippen LogP contribution in [0.4, 0.5) is 10.7 Å². The normalized spacial score (nSPS) is 25.0. The van der Waals surface area contributed by atoms with E-state index in [9.17, 15) is 9.59 Å². The summed E-state index contributed by atoms with van der Waals surface area (Å²) in [5.74, 6) is 1.07. The molecule has 140 valence electrons. The fourth-order valence-electron chi connectivity index (χ4n) is 4.14. The van der Waals surface area contributed by atoms with Crippen LogP contribution in [0.5, 0.6) is 0 Å². The van der Waals surface area contributed by atoms with Gasteiger partial charge in [-0.3, -0.25) is 14.6 Å². The van der Waals surface area contributed by atoms with Gasteiger partial charge in [0.15, 0.2) is 0 Å². The van der Waals surface area contributed by atoms with Crippen molar-refractivity contribution >= 4 is 23.7 Å². The standard InChI is InChI=1S/C18H26N5O3/c1-5-8-21-16(24)14-15(20(4)18(21)25)19-17-22(10-13-7-6-9-26-13)11(2)12(3)23(14)17/h13-14H,5-10H2,1-4H3/q+1. The van der Waals surface area contributed by atoms with Crippen molar-refractivity contribution < 1.29 is 18.9 Å². The van der Waals surface area contributed by atoms with E-state index in [2.05, 4.69) is 11.5 Å². The van der Waals surface area contributed by atoms with Gasteiger partial charge in [-0.1, -0.05) is 11.9 Å². The van der Waals surface area contributed by atoms with Gasteiger partial charge in [-0.15, -0.1) is 0 Å². The zero-order valence-electron chi connectivity index (χ0n) is 15.9. The summed E-state index contributed by atoms with van der Waals surface area (Å²) >= 11 is 0. The Labute approximate surface area is 153 Å². The molecule has 0 radical (unpaired) electrons. The lowest BCUT2D eigenvalue weighted by Crippen LogP contribution is -2.57. The fraction of sp³-hybridized carbons (Fsp3) is 0.667. The maximum atomic E-state index is 13.1. The van der Waals surface area contributed by atoms with Crippen LogP contribution in [0, 0.1) is 13.8 Å². The smallest absolute Gasteiger partial charge is 0.375 e. The molecule has 3 aliphatic heterocycles. The highest BCUT2D eigenvalue weighted by atomic mass is 16.5. The number of likely N-dealkylation sites (N-methyl/N-ethyl adjacent to an activating group) is 1. The molecule has 4 heterocycles. The molecule has 0 aromatic carbocycles. The fourth-order valence-corrected chi connectivity index (χ4v) is 4.14. The van der Waals surface area contributed by atoms with Crippen LogP contribution >= 0.6 is 0 Å². The van der Waals surface area contributed by atoms with E-state index in [1.165, 1.54) is 9.80 Å². The SMILES string of the molecule is CCCN1C(=O)C2C(=Nc3n2c(C)c(C)[n+]3CC2CCCO2)N(C)C1=O. The van der Waals surface area contributed by atoms with E-state index in [0.717, 1.165) is 49.8 Å². The zero-order valence-corrected chi connectivity index (χ0v) is 15.9. The number of aliphatic imine (C=N–C) groups is 1. The number of hydrogen-bond donors (Lipinski definition) is 0. The van der Waals surface area contributed by atoms with Gasteiger partial charge < -0.3 is 4.74 Å². The molecule has 0 bridgehead atoms. The lowest BCUT2D eigenvalue weighted by atomic mass is 10.1. The number of carbonyl (C=O) groups excluding carboxylic acids is 2. The van der Waals surface area contributed by atoms with Crippen molar-refractivity contribution in [3.8, 4) is 0 Å². The van der Waals surface area contributed by atoms with Gasteiger partial charge in [0.2, 0.25) is 11.9 Å². The molecule has 2 saturated heterocycles. The van der Waals surface area contributed by atoms with E-state index < -0.39 is 6.04 Å². The van der Waals surface area contributed by atoms with Crippen molar-refractivity contribution in [3.63, 3.8) is 0 Å². The topological polar surface area (TPSA) is 71.0 Å². The first-order valence-corrected chi connectivity index (χ1v) is 9.36. The van der Waals surface area contributed by atoms with Crippen LogP contribution in [0.15, 0.2) is 4.99 Å². The zero-order chi connectivity index (χ0) is 18.6. The number of fused-ring (bicyclic) bond motifs is 3. The largest absolute Gasteiger partial charge is 0.402 e. The minimum absolute atomic E-state index is 0.180. The van der Waals surface area contributed by atoms with E-state index >= 15 is 0 Å². The summed E-state index contributed by atoms with van der Waals surface area (Å²) in [6, 6.07) is -0.846. The number of ether oxygens (including phenoxy) is 1. The number of imidazole rings is 1. The van der Waals surface area contributed by atoms with Gasteiger partial charge in [-0.25, -0.2) is 13.9 Å². The van der Waals surface area contributed by atoms with Crippen molar-refractivity contribution in [2.24, 2.45) is 4.99 Å². The Kier molecular flexibility index (Phi) is 4.10. The molecule has 0 spiro atoms. The van der Waals surface area contributed by atoms with E-state index in [-0.39, 0.29) is 18.0 Å². The number of nitrogens with zero attached hydrogens (tertiary/aromatic N) is 5. The predicted octanol–water partition coefficient (Wildman–Crippen LogP) is 1.46. The number of hydrogen-bond acceptors (Lipinski definition) is 4. The highest BCUT2D eigenvalue weighted by Gasteiger charge is 2.54. The van der Waals surface area contributed by atoms with Gasteiger partial charge in [-0.05, 0) is 33.1 Å². The second-order valence-corrected chi connectivity index (χ2v) is 7.29. The van der Waals surface area contributed by atoms with E-state index in [4.69, 9.17) is 9.73 Å². The van der Waals surface area contributed by atoms with Gasteiger partial charge >= 0.3 is 12.0 Å². The molecule has 4 rings (SSSR count). The molecule has 8 heteroatoms. The van der Waals surface area contributed by atoms with Crippen molar-refractivity contribution in [3.05, 3.63) is 11.4 Å². The van der Waals surface area contributed by atoms with Crippen LogP contribution in [0.3, 0.4) is 0 Å². The summed E-state index contributed by atoms with van der Waals surface area (Å²) in [5.41, 5.74) is 2.10. The molecular formula is C18H26N5O3+. The lowest BCUT2D eigenvalue weighted by molar-refractivity contribution is -0.695. The third-order valence-electron chi connectivity index (χ3n) is 5.68. The Morgan fingerprint density at radius 2 is 2.08 bits per heavy atom. The van der Waals surface area contributed by atoms with E-state index in [0.29, 0.717) is 12.4 Å².